The fourth-order valence-corrected chi connectivity index (χ4v) is 1.37. The second-order valence-electron chi connectivity index (χ2n) is 2.45. The van der Waals surface area contributed by atoms with Crippen LogP contribution in [0.25, 0.3) is 6.08 Å². The lowest BCUT2D eigenvalue weighted by Crippen LogP contribution is -2.40. The van der Waals surface area contributed by atoms with E-state index in [1.165, 1.54) is 24.5 Å². The summed E-state index contributed by atoms with van der Waals surface area (Å²) in [7, 11) is 1.21. The van der Waals surface area contributed by atoms with Crippen molar-refractivity contribution in [2.75, 3.05) is 7.11 Å². The van der Waals surface area contributed by atoms with Crippen LogP contribution in [-0.2, 0) is 9.53 Å². The largest absolute Gasteiger partial charge is 0.452 e. The Morgan fingerprint density at radius 1 is 1.47 bits per heavy atom. The minimum Gasteiger partial charge on any atom is -0.452 e. The third-order valence-corrected chi connectivity index (χ3v) is 2.25. The van der Waals surface area contributed by atoms with Crippen molar-refractivity contribution in [2.45, 2.75) is 0 Å². The van der Waals surface area contributed by atoms with Crippen molar-refractivity contribution < 1.29 is 14.3 Å². The van der Waals surface area contributed by atoms with Gasteiger partial charge in [0.2, 0.25) is 0 Å². The zero-order valence-electron chi connectivity index (χ0n) is 8.02. The van der Waals surface area contributed by atoms with Gasteiger partial charge in [0.25, 0.3) is 5.91 Å². The zero-order valence-corrected chi connectivity index (χ0v) is 8.84. The molecule has 0 aliphatic carbocycles. The number of carbonyl (C=O) groups is 2. The first kappa shape index (κ1) is 11.3. The molecule has 0 aliphatic rings. The number of nitrogens with one attached hydrogen (secondary N) is 2. The molecule has 0 unspecified atom stereocenters. The summed E-state index contributed by atoms with van der Waals surface area (Å²) >= 11 is 1.51. The molecule has 2 N–H and O–H groups in total. The SMILES string of the molecule is COC(=O)NNC(=O)/C=C/c1cccs1. The molecule has 80 valence electrons. The van der Waals surface area contributed by atoms with E-state index in [2.05, 4.69) is 15.6 Å². The van der Waals surface area contributed by atoms with Gasteiger partial charge in [-0.3, -0.25) is 10.2 Å². The van der Waals surface area contributed by atoms with Gasteiger partial charge in [-0.1, -0.05) is 6.07 Å². The second kappa shape index (κ2) is 5.82. The molecule has 0 aromatic carbocycles. The normalized spacial score (nSPS) is 9.93. The first-order valence-electron chi connectivity index (χ1n) is 4.08. The highest BCUT2D eigenvalue weighted by Crippen LogP contribution is 2.09. The van der Waals surface area contributed by atoms with E-state index in [1.807, 2.05) is 17.5 Å². The van der Waals surface area contributed by atoms with E-state index in [4.69, 9.17) is 0 Å². The number of amides is 2. The molecular weight excluding hydrogens is 216 g/mol. The van der Waals surface area contributed by atoms with Crippen molar-refractivity contribution >= 4 is 29.4 Å². The molecule has 0 fully saturated rings. The maximum atomic E-state index is 11.1. The predicted molar refractivity (Wildman–Crippen MR) is 57.0 cm³/mol. The summed E-state index contributed by atoms with van der Waals surface area (Å²) in [5.74, 6) is -0.422. The Balaban J connectivity index is 2.33. The number of ether oxygens (including phenoxy) is 1. The highest BCUT2D eigenvalue weighted by Gasteiger charge is 1.99. The van der Waals surface area contributed by atoms with Crippen LogP contribution in [0.3, 0.4) is 0 Å². The summed E-state index contributed by atoms with van der Waals surface area (Å²) < 4.78 is 4.26. The Kier molecular flexibility index (Phi) is 4.36. The summed E-state index contributed by atoms with van der Waals surface area (Å²) in [6, 6.07) is 3.76. The van der Waals surface area contributed by atoms with E-state index < -0.39 is 12.0 Å². The molecule has 0 aliphatic heterocycles. The highest BCUT2D eigenvalue weighted by molar-refractivity contribution is 7.10. The topological polar surface area (TPSA) is 67.4 Å². The minimum absolute atomic E-state index is 0.422. The quantitative estimate of drug-likeness (QED) is 0.587. The number of methoxy groups -OCH3 is 1. The average molecular weight is 226 g/mol. The first-order chi connectivity index (χ1) is 7.22. The van der Waals surface area contributed by atoms with Crippen molar-refractivity contribution in [3.05, 3.63) is 28.5 Å². The van der Waals surface area contributed by atoms with Gasteiger partial charge in [-0.25, -0.2) is 10.2 Å². The highest BCUT2D eigenvalue weighted by atomic mass is 32.1. The van der Waals surface area contributed by atoms with E-state index in [0.29, 0.717) is 0 Å². The van der Waals surface area contributed by atoms with Crippen LogP contribution < -0.4 is 10.9 Å². The van der Waals surface area contributed by atoms with Gasteiger partial charge in [-0.05, 0) is 17.5 Å². The molecule has 1 heterocycles. The molecule has 15 heavy (non-hydrogen) atoms. The van der Waals surface area contributed by atoms with Gasteiger partial charge >= 0.3 is 6.09 Å². The molecule has 1 aromatic rings. The first-order valence-corrected chi connectivity index (χ1v) is 4.96. The predicted octanol–water partition coefficient (Wildman–Crippen LogP) is 1.15. The average Bonchev–Trinajstić information content (AvgIpc) is 2.75. The van der Waals surface area contributed by atoms with E-state index in [1.54, 1.807) is 6.08 Å². The molecule has 1 aromatic heterocycles. The third-order valence-electron chi connectivity index (χ3n) is 1.42. The van der Waals surface area contributed by atoms with E-state index >= 15 is 0 Å². The van der Waals surface area contributed by atoms with Gasteiger partial charge in [0.1, 0.15) is 0 Å². The Morgan fingerprint density at radius 2 is 2.27 bits per heavy atom. The third kappa shape index (κ3) is 4.28. The zero-order chi connectivity index (χ0) is 11.1. The summed E-state index contributed by atoms with van der Waals surface area (Å²) in [6.07, 6.45) is 2.26. The maximum Gasteiger partial charge on any atom is 0.425 e. The van der Waals surface area contributed by atoms with E-state index in [-0.39, 0.29) is 0 Å². The number of rotatable bonds is 2. The van der Waals surface area contributed by atoms with Gasteiger partial charge in [0.05, 0.1) is 7.11 Å². The van der Waals surface area contributed by atoms with Crippen molar-refractivity contribution in [3.63, 3.8) is 0 Å². The number of hydrogen-bond acceptors (Lipinski definition) is 4. The van der Waals surface area contributed by atoms with Gasteiger partial charge < -0.3 is 4.74 Å². The fourth-order valence-electron chi connectivity index (χ4n) is 0.749. The number of hydrazine groups is 1. The molecule has 0 radical (unpaired) electrons. The summed E-state index contributed by atoms with van der Waals surface area (Å²) in [4.78, 5) is 22.6. The minimum atomic E-state index is -0.715. The van der Waals surface area contributed by atoms with Crippen LogP contribution in [0.5, 0.6) is 0 Å². The number of carbonyl (C=O) groups excluding carboxylic acids is 2. The Morgan fingerprint density at radius 3 is 2.87 bits per heavy atom. The summed E-state index contributed by atoms with van der Waals surface area (Å²) in [5, 5.41) is 1.91. The number of hydrogen-bond donors (Lipinski definition) is 2. The van der Waals surface area contributed by atoms with Gasteiger partial charge in [0, 0.05) is 11.0 Å². The Hall–Kier alpha value is -1.82. The van der Waals surface area contributed by atoms with Crippen molar-refractivity contribution in [2.24, 2.45) is 0 Å². The van der Waals surface area contributed by atoms with Crippen LogP contribution in [0.4, 0.5) is 4.79 Å². The van der Waals surface area contributed by atoms with Crippen LogP contribution in [0, 0.1) is 0 Å². The van der Waals surface area contributed by atoms with Gasteiger partial charge in [0.15, 0.2) is 0 Å². The lowest BCUT2D eigenvalue weighted by Gasteiger charge is -2.01. The van der Waals surface area contributed by atoms with Crippen molar-refractivity contribution in [1.29, 1.82) is 0 Å². The molecule has 6 heteroatoms. The van der Waals surface area contributed by atoms with Crippen LogP contribution in [0.2, 0.25) is 0 Å². The molecule has 2 amide bonds. The maximum absolute atomic E-state index is 11.1. The molecule has 0 atom stereocenters. The summed E-state index contributed by atoms with van der Waals surface area (Å²) in [5.41, 5.74) is 4.20. The molecular formula is C9H10N2O3S. The molecule has 0 saturated heterocycles. The second-order valence-corrected chi connectivity index (χ2v) is 3.43. The molecule has 0 bridgehead atoms. The fraction of sp³-hybridized carbons (Fsp3) is 0.111. The number of thiophene rings is 1. The standard InChI is InChI=1S/C9H10N2O3S/c1-14-9(13)11-10-8(12)5-4-7-3-2-6-15-7/h2-6H,1H3,(H,10,12)(H,11,13)/b5-4+. The van der Waals surface area contributed by atoms with Crippen LogP contribution in [-0.4, -0.2) is 19.1 Å². The molecule has 1 rings (SSSR count). The molecule has 5 nitrogen and oxygen atoms in total. The van der Waals surface area contributed by atoms with Crippen LogP contribution in [0.15, 0.2) is 23.6 Å². The van der Waals surface area contributed by atoms with Gasteiger partial charge in [-0.2, -0.15) is 0 Å². The Labute approximate surface area is 90.7 Å². The lowest BCUT2D eigenvalue weighted by atomic mass is 10.4. The summed E-state index contributed by atoms with van der Waals surface area (Å²) in [6.45, 7) is 0. The molecule has 0 saturated carbocycles. The lowest BCUT2D eigenvalue weighted by molar-refractivity contribution is -0.117. The monoisotopic (exact) mass is 226 g/mol. The van der Waals surface area contributed by atoms with Crippen molar-refractivity contribution in [3.8, 4) is 0 Å². The molecule has 0 spiro atoms. The Bertz CT molecular complexity index is 359. The van der Waals surface area contributed by atoms with Gasteiger partial charge in [-0.15, -0.1) is 11.3 Å². The smallest absolute Gasteiger partial charge is 0.425 e. The van der Waals surface area contributed by atoms with Crippen LogP contribution in [0.1, 0.15) is 4.88 Å². The van der Waals surface area contributed by atoms with E-state index in [9.17, 15) is 9.59 Å². The van der Waals surface area contributed by atoms with Crippen molar-refractivity contribution in [1.82, 2.24) is 10.9 Å². The van der Waals surface area contributed by atoms with E-state index in [0.717, 1.165) is 4.88 Å². The van der Waals surface area contributed by atoms with Crippen LogP contribution >= 0.6 is 11.3 Å².